The summed E-state index contributed by atoms with van der Waals surface area (Å²) in [6.07, 6.45) is 1.21. The smallest absolute Gasteiger partial charge is 0.194 e. The van der Waals surface area contributed by atoms with Gasteiger partial charge in [0, 0.05) is 30.3 Å². The summed E-state index contributed by atoms with van der Waals surface area (Å²) in [7, 11) is -2.95. The first-order chi connectivity index (χ1) is 10.0. The summed E-state index contributed by atoms with van der Waals surface area (Å²) in [6.45, 7) is 14.0. The molecule has 0 saturated carbocycles. The lowest BCUT2D eigenvalue weighted by atomic mass is 9.65. The molecule has 0 aromatic carbocycles. The zero-order chi connectivity index (χ0) is 17.0. The molecule has 0 atom stereocenters. The molecule has 0 bridgehead atoms. The van der Waals surface area contributed by atoms with Crippen molar-refractivity contribution in [1.29, 1.82) is 0 Å². The van der Waals surface area contributed by atoms with Crippen LogP contribution in [0.5, 0.6) is 0 Å². The first kappa shape index (κ1) is 19.2. The largest absolute Gasteiger partial charge is 0.378 e. The molecule has 1 aliphatic rings. The van der Waals surface area contributed by atoms with Gasteiger partial charge in [-0.05, 0) is 20.8 Å². The van der Waals surface area contributed by atoms with E-state index in [-0.39, 0.29) is 23.3 Å². The zero-order valence-corrected chi connectivity index (χ0v) is 15.6. The van der Waals surface area contributed by atoms with Crippen molar-refractivity contribution in [2.24, 2.45) is 10.4 Å². The third-order valence-electron chi connectivity index (χ3n) is 4.57. The number of hydrogen-bond acceptors (Lipinski definition) is 4. The molecule has 1 fully saturated rings. The van der Waals surface area contributed by atoms with Crippen LogP contribution >= 0.6 is 0 Å². The van der Waals surface area contributed by atoms with E-state index in [2.05, 4.69) is 49.8 Å². The molecule has 1 rings (SSSR count). The molecule has 7 heteroatoms. The number of nitrogens with zero attached hydrogens (tertiary/aromatic N) is 2. The van der Waals surface area contributed by atoms with Gasteiger partial charge in [0.1, 0.15) is 9.84 Å². The normalized spacial score (nSPS) is 20.6. The molecule has 0 aliphatic carbocycles. The molecule has 0 unspecified atom stereocenters. The molecule has 1 saturated heterocycles. The van der Waals surface area contributed by atoms with E-state index in [0.29, 0.717) is 13.2 Å². The van der Waals surface area contributed by atoms with Gasteiger partial charge in [-0.2, -0.15) is 0 Å². The van der Waals surface area contributed by atoms with Crippen LogP contribution < -0.4 is 5.32 Å². The van der Waals surface area contributed by atoms with Crippen LogP contribution in [0.2, 0.25) is 0 Å². The summed E-state index contributed by atoms with van der Waals surface area (Å²) in [6, 6.07) is 0. The molecule has 0 spiro atoms. The maximum atomic E-state index is 11.0. The average Bonchev–Trinajstić information content (AvgIpc) is 2.37. The average molecular weight is 333 g/mol. The van der Waals surface area contributed by atoms with Crippen molar-refractivity contribution in [2.45, 2.75) is 40.2 Å². The van der Waals surface area contributed by atoms with Gasteiger partial charge in [-0.25, -0.2) is 8.42 Å². The van der Waals surface area contributed by atoms with Gasteiger partial charge in [0.2, 0.25) is 0 Å². The number of likely N-dealkylation sites (tertiary alicyclic amines) is 1. The Hall–Kier alpha value is -0.820. The predicted molar refractivity (Wildman–Crippen MR) is 91.1 cm³/mol. The Morgan fingerprint density at radius 1 is 1.27 bits per heavy atom. The summed E-state index contributed by atoms with van der Waals surface area (Å²) in [5, 5.41) is 3.32. The SMILES string of the molecule is CCNC(=NCCOCCS(C)(=O)=O)N1CC(C)(C)C1(C)C. The second-order valence-corrected chi connectivity index (χ2v) is 9.27. The van der Waals surface area contributed by atoms with Gasteiger partial charge in [0.15, 0.2) is 5.96 Å². The minimum Gasteiger partial charge on any atom is -0.378 e. The molecule has 0 aromatic rings. The molecule has 1 aliphatic heterocycles. The Bertz CT molecular complexity index is 498. The lowest BCUT2D eigenvalue weighted by Gasteiger charge is -2.62. The van der Waals surface area contributed by atoms with Gasteiger partial charge in [0.25, 0.3) is 0 Å². The van der Waals surface area contributed by atoms with Crippen molar-refractivity contribution < 1.29 is 13.2 Å². The summed E-state index contributed by atoms with van der Waals surface area (Å²) in [4.78, 5) is 6.87. The Morgan fingerprint density at radius 2 is 1.91 bits per heavy atom. The van der Waals surface area contributed by atoms with E-state index in [1.165, 1.54) is 6.26 Å². The highest BCUT2D eigenvalue weighted by Gasteiger charge is 2.53. The van der Waals surface area contributed by atoms with E-state index < -0.39 is 9.84 Å². The van der Waals surface area contributed by atoms with Crippen molar-refractivity contribution >= 4 is 15.8 Å². The van der Waals surface area contributed by atoms with Gasteiger partial charge >= 0.3 is 0 Å². The minimum absolute atomic E-state index is 0.0596. The number of ether oxygens (including phenoxy) is 1. The number of guanidine groups is 1. The van der Waals surface area contributed by atoms with E-state index in [1.54, 1.807) is 0 Å². The fourth-order valence-corrected chi connectivity index (χ4v) is 2.74. The first-order valence-corrected chi connectivity index (χ1v) is 9.89. The number of aliphatic imine (C=N–C) groups is 1. The fraction of sp³-hybridized carbons (Fsp3) is 0.933. The molecule has 6 nitrogen and oxygen atoms in total. The second kappa shape index (κ2) is 7.17. The van der Waals surface area contributed by atoms with Crippen LogP contribution in [-0.2, 0) is 14.6 Å². The summed E-state index contributed by atoms with van der Waals surface area (Å²) < 4.78 is 27.3. The molecule has 22 heavy (non-hydrogen) atoms. The Kier molecular flexibility index (Phi) is 6.27. The summed E-state index contributed by atoms with van der Waals surface area (Å²) >= 11 is 0. The summed E-state index contributed by atoms with van der Waals surface area (Å²) in [5.41, 5.74) is 0.320. The van der Waals surface area contributed by atoms with Crippen LogP contribution in [-0.4, -0.2) is 69.7 Å². The van der Waals surface area contributed by atoms with Crippen LogP contribution in [0.15, 0.2) is 4.99 Å². The van der Waals surface area contributed by atoms with Gasteiger partial charge in [0.05, 0.1) is 25.5 Å². The number of nitrogens with one attached hydrogen (secondary N) is 1. The van der Waals surface area contributed by atoms with Crippen LogP contribution in [0.1, 0.15) is 34.6 Å². The summed E-state index contributed by atoms with van der Waals surface area (Å²) in [5.74, 6) is 0.961. The lowest BCUT2D eigenvalue weighted by Crippen LogP contribution is -2.72. The Morgan fingerprint density at radius 3 is 2.36 bits per heavy atom. The Balaban J connectivity index is 2.48. The molecule has 1 heterocycles. The highest BCUT2D eigenvalue weighted by atomic mass is 32.2. The third kappa shape index (κ3) is 4.84. The minimum atomic E-state index is -2.95. The first-order valence-electron chi connectivity index (χ1n) is 7.83. The maximum absolute atomic E-state index is 11.0. The van der Waals surface area contributed by atoms with Crippen LogP contribution in [0.4, 0.5) is 0 Å². The molecule has 130 valence electrons. The third-order valence-corrected chi connectivity index (χ3v) is 5.48. The molecular weight excluding hydrogens is 302 g/mol. The predicted octanol–water partition coefficient (Wildman–Crippen LogP) is 1.13. The van der Waals surface area contributed by atoms with Crippen LogP contribution in [0.3, 0.4) is 0 Å². The van der Waals surface area contributed by atoms with Crippen molar-refractivity contribution in [3.63, 3.8) is 0 Å². The highest BCUT2D eigenvalue weighted by Crippen LogP contribution is 2.46. The Labute approximate surface area is 135 Å². The topological polar surface area (TPSA) is 71.0 Å². The highest BCUT2D eigenvalue weighted by molar-refractivity contribution is 7.90. The van der Waals surface area contributed by atoms with E-state index in [4.69, 9.17) is 4.74 Å². The molecule has 1 N–H and O–H groups in total. The van der Waals surface area contributed by atoms with Gasteiger partial charge in [-0.15, -0.1) is 0 Å². The number of sulfone groups is 1. The van der Waals surface area contributed by atoms with E-state index in [9.17, 15) is 8.42 Å². The van der Waals surface area contributed by atoms with Crippen molar-refractivity contribution in [1.82, 2.24) is 10.2 Å². The standard InChI is InChI=1S/C15H31N3O3S/c1-7-16-13(18-12-14(2,3)15(18,4)5)17-8-9-21-10-11-22(6,19)20/h7-12H2,1-6H3,(H,16,17). The molecule has 0 radical (unpaired) electrons. The van der Waals surface area contributed by atoms with Crippen LogP contribution in [0, 0.1) is 5.41 Å². The van der Waals surface area contributed by atoms with E-state index in [0.717, 1.165) is 19.0 Å². The van der Waals surface area contributed by atoms with Crippen molar-refractivity contribution in [2.75, 3.05) is 44.9 Å². The van der Waals surface area contributed by atoms with Gasteiger partial charge in [-0.3, -0.25) is 4.99 Å². The van der Waals surface area contributed by atoms with Crippen molar-refractivity contribution in [3.05, 3.63) is 0 Å². The molecule has 0 aromatic heterocycles. The maximum Gasteiger partial charge on any atom is 0.194 e. The fourth-order valence-electron chi connectivity index (χ4n) is 2.32. The van der Waals surface area contributed by atoms with Crippen LogP contribution in [0.25, 0.3) is 0 Å². The number of hydrogen-bond donors (Lipinski definition) is 1. The quantitative estimate of drug-likeness (QED) is 0.430. The van der Waals surface area contributed by atoms with E-state index in [1.807, 2.05) is 0 Å². The molecular formula is C15H31N3O3S. The van der Waals surface area contributed by atoms with Gasteiger partial charge in [-0.1, -0.05) is 13.8 Å². The molecule has 0 amide bonds. The van der Waals surface area contributed by atoms with Gasteiger partial charge < -0.3 is 15.0 Å². The lowest BCUT2D eigenvalue weighted by molar-refractivity contribution is -0.0668. The number of rotatable bonds is 7. The second-order valence-electron chi connectivity index (χ2n) is 7.01. The van der Waals surface area contributed by atoms with Crippen molar-refractivity contribution in [3.8, 4) is 0 Å². The zero-order valence-electron chi connectivity index (χ0n) is 14.8. The monoisotopic (exact) mass is 333 g/mol. The van der Waals surface area contributed by atoms with E-state index >= 15 is 0 Å².